The first-order chi connectivity index (χ1) is 8.50. The minimum Gasteiger partial charge on any atom is -0.315 e. The molecule has 1 nitrogen and oxygen atoms in total. The molecule has 0 aliphatic rings. The van der Waals surface area contributed by atoms with E-state index in [1.807, 2.05) is 0 Å². The molecular weight excluding hydrogens is 286 g/mol. The van der Waals surface area contributed by atoms with Crippen molar-refractivity contribution in [2.24, 2.45) is 0 Å². The van der Waals surface area contributed by atoms with Gasteiger partial charge in [0.15, 0.2) is 0 Å². The van der Waals surface area contributed by atoms with Gasteiger partial charge in [0.05, 0.1) is 0 Å². The highest BCUT2D eigenvalue weighted by Gasteiger charge is 2.02. The predicted molar refractivity (Wildman–Crippen MR) is 84.3 cm³/mol. The van der Waals surface area contributed by atoms with Gasteiger partial charge in [0.2, 0.25) is 0 Å². The summed E-state index contributed by atoms with van der Waals surface area (Å²) >= 11 is 3.59. The summed E-state index contributed by atoms with van der Waals surface area (Å²) in [5, 5.41) is 3.47. The van der Waals surface area contributed by atoms with Crippen LogP contribution < -0.4 is 5.32 Å². The van der Waals surface area contributed by atoms with Gasteiger partial charge < -0.3 is 5.32 Å². The monoisotopic (exact) mass is 311 g/mol. The number of aryl methyl sites for hydroxylation is 3. The summed E-state index contributed by atoms with van der Waals surface area (Å²) in [6.07, 6.45) is 5.10. The Morgan fingerprint density at radius 1 is 1.06 bits per heavy atom. The Labute approximate surface area is 120 Å². The van der Waals surface area contributed by atoms with Crippen LogP contribution in [0.3, 0.4) is 0 Å². The summed E-state index contributed by atoms with van der Waals surface area (Å²) in [4.78, 5) is 0. The molecule has 0 saturated heterocycles. The van der Waals surface area contributed by atoms with Gasteiger partial charge in [-0.05, 0) is 62.4 Å². The maximum atomic E-state index is 3.59. The van der Waals surface area contributed by atoms with Crippen LogP contribution in [0.4, 0.5) is 0 Å². The van der Waals surface area contributed by atoms with E-state index in [0.29, 0.717) is 6.04 Å². The highest BCUT2D eigenvalue weighted by Crippen LogP contribution is 2.22. The van der Waals surface area contributed by atoms with Gasteiger partial charge in [-0.15, -0.1) is 0 Å². The summed E-state index contributed by atoms with van der Waals surface area (Å²) in [5.41, 5.74) is 4.26. The summed E-state index contributed by atoms with van der Waals surface area (Å²) in [6, 6.07) is 5.18. The van der Waals surface area contributed by atoms with E-state index in [1.165, 1.54) is 46.8 Å². The summed E-state index contributed by atoms with van der Waals surface area (Å²) in [5.74, 6) is 0. The van der Waals surface area contributed by atoms with Gasteiger partial charge >= 0.3 is 0 Å². The second kappa shape index (κ2) is 7.96. The van der Waals surface area contributed by atoms with Crippen molar-refractivity contribution in [3.05, 3.63) is 33.3 Å². The van der Waals surface area contributed by atoms with E-state index in [4.69, 9.17) is 0 Å². The van der Waals surface area contributed by atoms with Gasteiger partial charge in [0.25, 0.3) is 0 Å². The highest BCUT2D eigenvalue weighted by molar-refractivity contribution is 9.10. The van der Waals surface area contributed by atoms with E-state index in [1.54, 1.807) is 0 Å². The van der Waals surface area contributed by atoms with E-state index in [-0.39, 0.29) is 0 Å². The van der Waals surface area contributed by atoms with Crippen molar-refractivity contribution in [1.29, 1.82) is 0 Å². The zero-order valence-corrected chi connectivity index (χ0v) is 13.7. The number of unbranched alkanes of at least 4 members (excludes halogenated alkanes) is 2. The lowest BCUT2D eigenvalue weighted by Gasteiger charge is -2.10. The molecule has 0 saturated carbocycles. The molecule has 0 aliphatic heterocycles. The van der Waals surface area contributed by atoms with E-state index < -0.39 is 0 Å². The summed E-state index contributed by atoms with van der Waals surface area (Å²) < 4.78 is 1.23. The molecule has 0 atom stereocenters. The molecule has 1 aromatic carbocycles. The quantitative estimate of drug-likeness (QED) is 0.715. The van der Waals surface area contributed by atoms with Crippen LogP contribution in [-0.2, 0) is 6.42 Å². The molecule has 1 N–H and O–H groups in total. The Kier molecular flexibility index (Phi) is 6.95. The SMILES string of the molecule is Cc1cc(CCCCCNC(C)C)c(C)cc1Br. The molecule has 102 valence electrons. The van der Waals surface area contributed by atoms with Gasteiger partial charge in [-0.1, -0.05) is 42.3 Å². The smallest absolute Gasteiger partial charge is 0.0207 e. The Hall–Kier alpha value is -0.340. The summed E-state index contributed by atoms with van der Waals surface area (Å²) in [7, 11) is 0. The zero-order valence-electron chi connectivity index (χ0n) is 12.1. The van der Waals surface area contributed by atoms with Crippen LogP contribution >= 0.6 is 15.9 Å². The van der Waals surface area contributed by atoms with Crippen molar-refractivity contribution >= 4 is 15.9 Å². The Morgan fingerprint density at radius 2 is 1.78 bits per heavy atom. The second-order valence-electron chi connectivity index (χ2n) is 5.45. The maximum Gasteiger partial charge on any atom is 0.0207 e. The molecule has 2 heteroatoms. The van der Waals surface area contributed by atoms with Crippen LogP contribution in [0, 0.1) is 13.8 Å². The van der Waals surface area contributed by atoms with Crippen molar-refractivity contribution < 1.29 is 0 Å². The zero-order chi connectivity index (χ0) is 13.5. The normalized spacial score (nSPS) is 11.2. The highest BCUT2D eigenvalue weighted by atomic mass is 79.9. The lowest BCUT2D eigenvalue weighted by Crippen LogP contribution is -2.23. The molecule has 0 unspecified atom stereocenters. The van der Waals surface area contributed by atoms with Crippen LogP contribution in [0.5, 0.6) is 0 Å². The average molecular weight is 312 g/mol. The number of nitrogens with one attached hydrogen (secondary N) is 1. The van der Waals surface area contributed by atoms with E-state index >= 15 is 0 Å². The number of hydrogen-bond acceptors (Lipinski definition) is 1. The van der Waals surface area contributed by atoms with E-state index in [2.05, 4.69) is 61.1 Å². The first-order valence-corrected chi connectivity index (χ1v) is 7.79. The molecule has 0 radical (unpaired) electrons. The molecule has 0 bridgehead atoms. The molecular formula is C16H26BrN. The number of rotatable bonds is 7. The average Bonchev–Trinajstić information content (AvgIpc) is 2.29. The maximum absolute atomic E-state index is 3.59. The fraction of sp³-hybridized carbons (Fsp3) is 0.625. The summed E-state index contributed by atoms with van der Waals surface area (Å²) in [6.45, 7) is 9.93. The first-order valence-electron chi connectivity index (χ1n) is 6.99. The molecule has 0 amide bonds. The third kappa shape index (κ3) is 5.53. The fourth-order valence-corrected chi connectivity index (χ4v) is 2.58. The minimum absolute atomic E-state index is 0.612. The second-order valence-corrected chi connectivity index (χ2v) is 6.30. The molecule has 1 aromatic rings. The molecule has 0 fully saturated rings. The van der Waals surface area contributed by atoms with Crippen molar-refractivity contribution in [2.75, 3.05) is 6.54 Å². The Bertz CT molecular complexity index is 372. The fourth-order valence-electron chi connectivity index (χ4n) is 2.12. The van der Waals surface area contributed by atoms with Crippen LogP contribution in [0.2, 0.25) is 0 Å². The molecule has 18 heavy (non-hydrogen) atoms. The lowest BCUT2D eigenvalue weighted by molar-refractivity contribution is 0.548. The molecule has 0 aliphatic carbocycles. The van der Waals surface area contributed by atoms with Gasteiger partial charge in [0.1, 0.15) is 0 Å². The topological polar surface area (TPSA) is 12.0 Å². The predicted octanol–water partition coefficient (Wildman–Crippen LogP) is 4.78. The van der Waals surface area contributed by atoms with Gasteiger partial charge in [0, 0.05) is 10.5 Å². The van der Waals surface area contributed by atoms with E-state index in [0.717, 1.165) is 6.54 Å². The van der Waals surface area contributed by atoms with Gasteiger partial charge in [-0.25, -0.2) is 0 Å². The van der Waals surface area contributed by atoms with Crippen LogP contribution in [0.15, 0.2) is 16.6 Å². The third-order valence-electron chi connectivity index (χ3n) is 3.29. The van der Waals surface area contributed by atoms with Crippen LogP contribution in [0.1, 0.15) is 49.8 Å². The lowest BCUT2D eigenvalue weighted by atomic mass is 10.00. The van der Waals surface area contributed by atoms with E-state index in [9.17, 15) is 0 Å². The first kappa shape index (κ1) is 15.7. The number of benzene rings is 1. The van der Waals surface area contributed by atoms with Crippen LogP contribution in [-0.4, -0.2) is 12.6 Å². The Balaban J connectivity index is 2.29. The van der Waals surface area contributed by atoms with Crippen molar-refractivity contribution in [2.45, 2.75) is 59.4 Å². The number of halogens is 1. The Morgan fingerprint density at radius 3 is 2.44 bits per heavy atom. The van der Waals surface area contributed by atoms with Crippen molar-refractivity contribution in [3.8, 4) is 0 Å². The minimum atomic E-state index is 0.612. The standard InChI is InChI=1S/C16H26BrN/c1-12(2)18-9-7-5-6-8-15-10-14(4)16(17)11-13(15)3/h10-12,18H,5-9H2,1-4H3. The van der Waals surface area contributed by atoms with Crippen molar-refractivity contribution in [3.63, 3.8) is 0 Å². The number of hydrogen-bond donors (Lipinski definition) is 1. The molecule has 0 spiro atoms. The molecule has 0 aromatic heterocycles. The molecule has 0 heterocycles. The third-order valence-corrected chi connectivity index (χ3v) is 4.15. The van der Waals surface area contributed by atoms with Gasteiger partial charge in [-0.2, -0.15) is 0 Å². The van der Waals surface area contributed by atoms with Gasteiger partial charge in [-0.3, -0.25) is 0 Å². The molecule has 1 rings (SSSR count). The largest absolute Gasteiger partial charge is 0.315 e. The van der Waals surface area contributed by atoms with Crippen LogP contribution in [0.25, 0.3) is 0 Å². The van der Waals surface area contributed by atoms with Crippen molar-refractivity contribution in [1.82, 2.24) is 5.32 Å².